The molecule has 2 aromatic heterocycles. The lowest BCUT2D eigenvalue weighted by atomic mass is 10.1. The number of thiazole rings is 1. The van der Waals surface area contributed by atoms with Gasteiger partial charge in [-0.1, -0.05) is 11.6 Å². The van der Waals surface area contributed by atoms with E-state index in [1.54, 1.807) is 29.5 Å². The van der Waals surface area contributed by atoms with E-state index in [0.29, 0.717) is 17.1 Å². The summed E-state index contributed by atoms with van der Waals surface area (Å²) in [4.78, 5) is 12.1. The highest BCUT2D eigenvalue weighted by Crippen LogP contribution is 2.26. The molecule has 110 valence electrons. The minimum Gasteiger partial charge on any atom is -0.354 e. The fraction of sp³-hybridized carbons (Fsp3) is 0.188. The summed E-state index contributed by atoms with van der Waals surface area (Å²) >= 11 is 7.67. The Labute approximate surface area is 137 Å². The van der Waals surface area contributed by atoms with Crippen molar-refractivity contribution >= 4 is 39.7 Å². The van der Waals surface area contributed by atoms with Crippen LogP contribution in [-0.2, 0) is 6.54 Å². The topological polar surface area (TPSA) is 52.8 Å². The largest absolute Gasteiger partial charge is 0.354 e. The molecule has 0 aliphatic heterocycles. The van der Waals surface area contributed by atoms with Gasteiger partial charge in [-0.2, -0.15) is 5.26 Å². The molecule has 6 heteroatoms. The van der Waals surface area contributed by atoms with Crippen LogP contribution in [0, 0.1) is 18.3 Å². The Kier molecular flexibility index (Phi) is 3.97. The molecule has 0 aliphatic carbocycles. The van der Waals surface area contributed by atoms with Gasteiger partial charge in [0.15, 0.2) is 0 Å². The summed E-state index contributed by atoms with van der Waals surface area (Å²) in [5.74, 6) is 0.762. The minimum absolute atomic E-state index is 0.579. The summed E-state index contributed by atoms with van der Waals surface area (Å²) in [5, 5.41) is 11.8. The zero-order chi connectivity index (χ0) is 15.7. The summed E-state index contributed by atoms with van der Waals surface area (Å²) in [5.41, 5.74) is 1.35. The molecule has 1 aromatic carbocycles. The third-order valence-corrected chi connectivity index (χ3v) is 4.46. The van der Waals surface area contributed by atoms with Crippen molar-refractivity contribution in [1.82, 2.24) is 9.97 Å². The molecule has 0 bridgehead atoms. The van der Waals surface area contributed by atoms with Crippen LogP contribution < -0.4 is 4.90 Å². The number of nitriles is 1. The van der Waals surface area contributed by atoms with Crippen molar-refractivity contribution in [3.63, 3.8) is 0 Å². The highest BCUT2D eigenvalue weighted by molar-refractivity contribution is 7.11. The zero-order valence-corrected chi connectivity index (χ0v) is 13.7. The number of aryl methyl sites for hydroxylation is 1. The normalized spacial score (nSPS) is 10.6. The molecule has 22 heavy (non-hydrogen) atoms. The third kappa shape index (κ3) is 2.89. The van der Waals surface area contributed by atoms with E-state index < -0.39 is 0 Å². The number of nitrogens with zero attached hydrogens (tertiary/aromatic N) is 4. The lowest BCUT2D eigenvalue weighted by molar-refractivity contribution is 0.914. The van der Waals surface area contributed by atoms with Crippen LogP contribution in [0.4, 0.5) is 5.82 Å². The first-order valence-corrected chi connectivity index (χ1v) is 7.89. The zero-order valence-electron chi connectivity index (χ0n) is 12.2. The summed E-state index contributed by atoms with van der Waals surface area (Å²) in [6.45, 7) is 2.70. The van der Waals surface area contributed by atoms with Crippen molar-refractivity contribution in [2.24, 2.45) is 0 Å². The molecule has 2 heterocycles. The maximum absolute atomic E-state index is 9.38. The summed E-state index contributed by atoms with van der Waals surface area (Å²) in [6.07, 6.45) is 1.88. The van der Waals surface area contributed by atoms with Gasteiger partial charge in [-0.25, -0.2) is 9.97 Å². The van der Waals surface area contributed by atoms with E-state index in [0.717, 1.165) is 26.6 Å². The first-order chi connectivity index (χ1) is 10.6. The van der Waals surface area contributed by atoms with Crippen LogP contribution in [0.5, 0.6) is 0 Å². The number of hydrogen-bond acceptors (Lipinski definition) is 5. The number of aromatic nitrogens is 2. The molecule has 3 rings (SSSR count). The van der Waals surface area contributed by atoms with Gasteiger partial charge in [0.05, 0.1) is 28.7 Å². The Bertz CT molecular complexity index is 881. The van der Waals surface area contributed by atoms with E-state index in [-0.39, 0.29) is 0 Å². The van der Waals surface area contributed by atoms with Crippen molar-refractivity contribution in [1.29, 1.82) is 5.26 Å². The average molecular weight is 329 g/mol. The van der Waals surface area contributed by atoms with Gasteiger partial charge in [0, 0.05) is 28.5 Å². The highest BCUT2D eigenvalue weighted by Gasteiger charge is 2.11. The number of hydrogen-bond donors (Lipinski definition) is 0. The molecular formula is C16H13ClN4S. The molecule has 3 aromatic rings. The standard InChI is InChI=1S/C16H13ClN4S/c1-10-19-8-13(22-10)9-21(2)16-5-11(7-18)14-6-12(17)3-4-15(14)20-16/h3-6,8H,9H2,1-2H3. The van der Waals surface area contributed by atoms with Crippen LogP contribution in [0.15, 0.2) is 30.5 Å². The number of rotatable bonds is 3. The number of benzene rings is 1. The van der Waals surface area contributed by atoms with Gasteiger partial charge >= 0.3 is 0 Å². The Hall–Kier alpha value is -2.16. The summed E-state index contributed by atoms with van der Waals surface area (Å²) < 4.78 is 0. The lowest BCUT2D eigenvalue weighted by Gasteiger charge is -2.18. The number of fused-ring (bicyclic) bond motifs is 1. The quantitative estimate of drug-likeness (QED) is 0.724. The fourth-order valence-electron chi connectivity index (χ4n) is 2.27. The van der Waals surface area contributed by atoms with Gasteiger partial charge in [0.2, 0.25) is 0 Å². The van der Waals surface area contributed by atoms with Crippen molar-refractivity contribution < 1.29 is 0 Å². The minimum atomic E-state index is 0.579. The maximum atomic E-state index is 9.38. The number of halogens is 1. The Balaban J connectivity index is 2.00. The van der Waals surface area contributed by atoms with E-state index in [2.05, 4.69) is 16.0 Å². The van der Waals surface area contributed by atoms with Gasteiger partial charge in [-0.05, 0) is 31.2 Å². The number of anilines is 1. The van der Waals surface area contributed by atoms with Gasteiger partial charge in [0.1, 0.15) is 5.82 Å². The Morgan fingerprint density at radius 3 is 2.86 bits per heavy atom. The lowest BCUT2D eigenvalue weighted by Crippen LogP contribution is -2.17. The molecule has 4 nitrogen and oxygen atoms in total. The van der Waals surface area contributed by atoms with Crippen LogP contribution in [-0.4, -0.2) is 17.0 Å². The van der Waals surface area contributed by atoms with Crippen LogP contribution >= 0.6 is 22.9 Å². The Morgan fingerprint density at radius 2 is 2.18 bits per heavy atom. The predicted molar refractivity (Wildman–Crippen MR) is 90.4 cm³/mol. The van der Waals surface area contributed by atoms with Crippen molar-refractivity contribution in [2.45, 2.75) is 13.5 Å². The van der Waals surface area contributed by atoms with Crippen molar-refractivity contribution in [3.8, 4) is 6.07 Å². The Morgan fingerprint density at radius 1 is 1.36 bits per heavy atom. The van der Waals surface area contributed by atoms with Crippen molar-refractivity contribution in [2.75, 3.05) is 11.9 Å². The van der Waals surface area contributed by atoms with Gasteiger partial charge in [-0.15, -0.1) is 11.3 Å². The van der Waals surface area contributed by atoms with Gasteiger partial charge in [0.25, 0.3) is 0 Å². The maximum Gasteiger partial charge on any atom is 0.130 e. The predicted octanol–water partition coefficient (Wildman–Crippen LogP) is 4.16. The monoisotopic (exact) mass is 328 g/mol. The SMILES string of the molecule is Cc1ncc(CN(C)c2cc(C#N)c3cc(Cl)ccc3n2)s1. The highest BCUT2D eigenvalue weighted by atomic mass is 35.5. The molecule has 0 aliphatic rings. The molecular weight excluding hydrogens is 316 g/mol. The van der Waals surface area contributed by atoms with Crippen LogP contribution in [0.3, 0.4) is 0 Å². The molecule has 0 fully saturated rings. The van der Waals surface area contributed by atoms with E-state index >= 15 is 0 Å². The van der Waals surface area contributed by atoms with Gasteiger partial charge < -0.3 is 4.90 Å². The molecule has 0 saturated heterocycles. The average Bonchev–Trinajstić information content (AvgIpc) is 2.91. The number of pyridine rings is 1. The third-order valence-electron chi connectivity index (χ3n) is 3.33. The second-order valence-corrected chi connectivity index (χ2v) is 6.76. The first-order valence-electron chi connectivity index (χ1n) is 6.69. The summed E-state index contributed by atoms with van der Waals surface area (Å²) in [7, 11) is 1.96. The van der Waals surface area contributed by atoms with E-state index in [9.17, 15) is 5.26 Å². The second-order valence-electron chi connectivity index (χ2n) is 5.00. The fourth-order valence-corrected chi connectivity index (χ4v) is 3.29. The van der Waals surface area contributed by atoms with Crippen molar-refractivity contribution in [3.05, 3.63) is 50.9 Å². The smallest absolute Gasteiger partial charge is 0.130 e. The second kappa shape index (κ2) is 5.91. The molecule has 0 amide bonds. The van der Waals surface area contributed by atoms with E-state index in [1.165, 1.54) is 0 Å². The summed E-state index contributed by atoms with van der Waals surface area (Å²) in [6, 6.07) is 9.43. The molecule has 0 N–H and O–H groups in total. The van der Waals surface area contributed by atoms with Crippen LogP contribution in [0.2, 0.25) is 5.02 Å². The van der Waals surface area contributed by atoms with E-state index in [4.69, 9.17) is 11.6 Å². The van der Waals surface area contributed by atoms with Crippen LogP contribution in [0.25, 0.3) is 10.9 Å². The van der Waals surface area contributed by atoms with Crippen LogP contribution in [0.1, 0.15) is 15.4 Å². The van der Waals surface area contributed by atoms with Gasteiger partial charge in [-0.3, -0.25) is 0 Å². The van der Waals surface area contributed by atoms with E-state index in [1.807, 2.05) is 31.1 Å². The first kappa shape index (κ1) is 14.8. The molecule has 0 atom stereocenters. The molecule has 0 unspecified atom stereocenters. The molecule has 0 saturated carbocycles. The molecule has 0 spiro atoms. The molecule has 0 radical (unpaired) electrons.